The molecule has 0 aliphatic heterocycles. The van der Waals surface area contributed by atoms with Crippen LogP contribution in [-0.2, 0) is 9.59 Å². The van der Waals surface area contributed by atoms with Crippen molar-refractivity contribution in [3.05, 3.63) is 35.9 Å². The average molecular weight is 290 g/mol. The first-order chi connectivity index (χ1) is 9.99. The Morgan fingerprint density at radius 1 is 1.14 bits per heavy atom. The van der Waals surface area contributed by atoms with E-state index in [1.165, 1.54) is 0 Å². The number of aldehydes is 2. The van der Waals surface area contributed by atoms with E-state index in [0.717, 1.165) is 18.4 Å². The number of hydrogen-bond donors (Lipinski definition) is 1. The van der Waals surface area contributed by atoms with Crippen molar-refractivity contribution in [1.29, 1.82) is 0 Å². The third-order valence-electron chi connectivity index (χ3n) is 4.53. The molecule has 116 valence electrons. The zero-order chi connectivity index (χ0) is 15.9. The first kappa shape index (κ1) is 17.6. The van der Waals surface area contributed by atoms with Crippen molar-refractivity contribution in [3.8, 4) is 0 Å². The molecule has 0 amide bonds. The zero-order valence-corrected chi connectivity index (χ0v) is 13.2. The number of carbonyl (C=O) groups excluding carboxylic acids is 2. The molecule has 3 nitrogen and oxygen atoms in total. The molecular formula is C18H26O3. The molecule has 1 rings (SSSR count). The Kier molecular flexibility index (Phi) is 6.28. The first-order valence-corrected chi connectivity index (χ1v) is 7.69. The topological polar surface area (TPSA) is 54.4 Å². The van der Waals surface area contributed by atoms with Crippen LogP contribution in [-0.4, -0.2) is 23.3 Å². The van der Waals surface area contributed by atoms with Crippen LogP contribution in [0.3, 0.4) is 0 Å². The molecule has 0 fully saturated rings. The SMILES string of the molecule is CCCCC(C)(O)C(C=O)(C=O)C(CC)c1ccccc1. The van der Waals surface area contributed by atoms with Crippen molar-refractivity contribution in [2.45, 2.75) is 58.0 Å². The Hall–Kier alpha value is -1.48. The highest BCUT2D eigenvalue weighted by Crippen LogP contribution is 2.45. The lowest BCUT2D eigenvalue weighted by Gasteiger charge is -2.43. The van der Waals surface area contributed by atoms with E-state index in [-0.39, 0.29) is 5.92 Å². The van der Waals surface area contributed by atoms with Gasteiger partial charge in [-0.2, -0.15) is 0 Å². The van der Waals surface area contributed by atoms with Crippen LogP contribution in [0.4, 0.5) is 0 Å². The van der Waals surface area contributed by atoms with Gasteiger partial charge in [0.25, 0.3) is 0 Å². The summed E-state index contributed by atoms with van der Waals surface area (Å²) in [5, 5.41) is 10.9. The summed E-state index contributed by atoms with van der Waals surface area (Å²) >= 11 is 0. The maximum atomic E-state index is 11.9. The van der Waals surface area contributed by atoms with E-state index in [4.69, 9.17) is 0 Å². The van der Waals surface area contributed by atoms with Crippen LogP contribution >= 0.6 is 0 Å². The number of rotatable bonds is 9. The van der Waals surface area contributed by atoms with Gasteiger partial charge in [0.1, 0.15) is 18.0 Å². The van der Waals surface area contributed by atoms with Crippen LogP contribution in [0.5, 0.6) is 0 Å². The summed E-state index contributed by atoms with van der Waals surface area (Å²) in [6, 6.07) is 9.49. The molecule has 3 heteroatoms. The minimum Gasteiger partial charge on any atom is -0.389 e. The van der Waals surface area contributed by atoms with Gasteiger partial charge in [-0.15, -0.1) is 0 Å². The van der Waals surface area contributed by atoms with Gasteiger partial charge in [-0.3, -0.25) is 0 Å². The molecule has 0 heterocycles. The minimum atomic E-state index is -1.40. The lowest BCUT2D eigenvalue weighted by Crippen LogP contribution is -2.52. The van der Waals surface area contributed by atoms with Crippen molar-refractivity contribution in [2.75, 3.05) is 0 Å². The summed E-state index contributed by atoms with van der Waals surface area (Å²) in [7, 11) is 0. The minimum absolute atomic E-state index is 0.319. The van der Waals surface area contributed by atoms with Crippen molar-refractivity contribution < 1.29 is 14.7 Å². The number of carbonyl (C=O) groups is 2. The molecular weight excluding hydrogens is 264 g/mol. The quantitative estimate of drug-likeness (QED) is 0.559. The molecule has 2 atom stereocenters. The van der Waals surface area contributed by atoms with Crippen LogP contribution in [0.25, 0.3) is 0 Å². The monoisotopic (exact) mass is 290 g/mol. The summed E-state index contributed by atoms with van der Waals surface area (Å²) in [6.07, 6.45) is 4.04. The molecule has 0 bridgehead atoms. The lowest BCUT2D eigenvalue weighted by molar-refractivity contribution is -0.148. The molecule has 1 N–H and O–H groups in total. The average Bonchev–Trinajstić information content (AvgIpc) is 2.51. The van der Waals surface area contributed by atoms with Gasteiger partial charge in [0.2, 0.25) is 0 Å². The molecule has 21 heavy (non-hydrogen) atoms. The van der Waals surface area contributed by atoms with Gasteiger partial charge >= 0.3 is 0 Å². The normalized spacial score (nSPS) is 16.0. The van der Waals surface area contributed by atoms with Crippen LogP contribution in [0, 0.1) is 5.41 Å². The Bertz CT molecular complexity index is 443. The molecule has 0 aromatic heterocycles. The molecule has 1 aromatic rings. The fourth-order valence-corrected chi connectivity index (χ4v) is 3.09. The molecule has 0 spiro atoms. The van der Waals surface area contributed by atoms with Gasteiger partial charge in [-0.05, 0) is 25.3 Å². The van der Waals surface area contributed by atoms with E-state index in [1.54, 1.807) is 6.92 Å². The van der Waals surface area contributed by atoms with Crippen LogP contribution in [0.1, 0.15) is 57.9 Å². The summed E-state index contributed by atoms with van der Waals surface area (Å²) in [5.41, 5.74) is -1.84. The van der Waals surface area contributed by atoms with E-state index in [1.807, 2.05) is 44.2 Å². The van der Waals surface area contributed by atoms with Crippen LogP contribution in [0.15, 0.2) is 30.3 Å². The van der Waals surface area contributed by atoms with E-state index >= 15 is 0 Å². The predicted molar refractivity (Wildman–Crippen MR) is 84.2 cm³/mol. The fraction of sp³-hybridized carbons (Fsp3) is 0.556. The van der Waals surface area contributed by atoms with Crippen molar-refractivity contribution >= 4 is 12.6 Å². The van der Waals surface area contributed by atoms with Crippen molar-refractivity contribution in [2.24, 2.45) is 5.41 Å². The molecule has 0 saturated heterocycles. The second kappa shape index (κ2) is 7.51. The number of aliphatic hydroxyl groups is 1. The lowest BCUT2D eigenvalue weighted by atomic mass is 9.62. The Balaban J connectivity index is 3.30. The highest BCUT2D eigenvalue weighted by Gasteiger charge is 2.52. The summed E-state index contributed by atoms with van der Waals surface area (Å²) in [4.78, 5) is 23.7. The summed E-state index contributed by atoms with van der Waals surface area (Å²) < 4.78 is 0. The third-order valence-corrected chi connectivity index (χ3v) is 4.53. The van der Waals surface area contributed by atoms with Crippen molar-refractivity contribution in [1.82, 2.24) is 0 Å². The van der Waals surface area contributed by atoms with Crippen LogP contribution in [0.2, 0.25) is 0 Å². The number of benzene rings is 1. The predicted octanol–water partition coefficient (Wildman–Crippen LogP) is 3.51. The van der Waals surface area contributed by atoms with Gasteiger partial charge in [-0.25, -0.2) is 0 Å². The summed E-state index contributed by atoms with van der Waals surface area (Å²) in [5.74, 6) is -0.319. The van der Waals surface area contributed by atoms with Gasteiger partial charge in [0.05, 0.1) is 5.60 Å². The van der Waals surface area contributed by atoms with E-state index in [2.05, 4.69) is 0 Å². The number of unbranched alkanes of at least 4 members (excludes halogenated alkanes) is 1. The molecule has 1 aromatic carbocycles. The fourth-order valence-electron chi connectivity index (χ4n) is 3.09. The van der Waals surface area contributed by atoms with Crippen molar-refractivity contribution in [3.63, 3.8) is 0 Å². The molecule has 0 radical (unpaired) electrons. The molecule has 2 unspecified atom stereocenters. The van der Waals surface area contributed by atoms with E-state index in [0.29, 0.717) is 25.4 Å². The molecule has 0 aliphatic carbocycles. The highest BCUT2D eigenvalue weighted by atomic mass is 16.3. The Morgan fingerprint density at radius 3 is 2.14 bits per heavy atom. The Morgan fingerprint density at radius 2 is 1.71 bits per heavy atom. The second-order valence-electron chi connectivity index (χ2n) is 5.92. The van der Waals surface area contributed by atoms with Gasteiger partial charge in [0, 0.05) is 5.92 Å². The third kappa shape index (κ3) is 3.41. The van der Waals surface area contributed by atoms with E-state index < -0.39 is 11.0 Å². The highest BCUT2D eigenvalue weighted by molar-refractivity contribution is 5.87. The smallest absolute Gasteiger partial charge is 0.136 e. The summed E-state index contributed by atoms with van der Waals surface area (Å²) in [6.45, 7) is 5.57. The van der Waals surface area contributed by atoms with Gasteiger partial charge in [-0.1, -0.05) is 57.0 Å². The second-order valence-corrected chi connectivity index (χ2v) is 5.92. The Labute approximate surface area is 127 Å². The molecule has 0 aliphatic rings. The largest absolute Gasteiger partial charge is 0.389 e. The molecule has 0 saturated carbocycles. The first-order valence-electron chi connectivity index (χ1n) is 7.69. The maximum absolute atomic E-state index is 11.9. The zero-order valence-electron chi connectivity index (χ0n) is 13.2. The van der Waals surface area contributed by atoms with Crippen LogP contribution < -0.4 is 0 Å². The van der Waals surface area contributed by atoms with Gasteiger partial charge in [0.15, 0.2) is 0 Å². The van der Waals surface area contributed by atoms with Gasteiger partial charge < -0.3 is 14.7 Å². The maximum Gasteiger partial charge on any atom is 0.136 e. The standard InChI is InChI=1S/C18H26O3/c1-4-6-12-17(3,21)18(13-19,14-20)16(5-2)15-10-8-7-9-11-15/h7-11,13-14,16,21H,4-6,12H2,1-3H3. The number of hydrogen-bond acceptors (Lipinski definition) is 3. The van der Waals surface area contributed by atoms with E-state index in [9.17, 15) is 14.7 Å².